The zero-order valence-electron chi connectivity index (χ0n) is 25.3. The van der Waals surface area contributed by atoms with Crippen molar-refractivity contribution in [3.8, 4) is 22.3 Å². The van der Waals surface area contributed by atoms with Crippen LogP contribution in [-0.4, -0.2) is 0 Å². The van der Waals surface area contributed by atoms with Crippen LogP contribution in [-0.2, 0) is 5.41 Å². The molecule has 214 valence electrons. The highest BCUT2D eigenvalue weighted by atomic mass is 32.1. The summed E-state index contributed by atoms with van der Waals surface area (Å²) < 4.78 is 2.71. The summed E-state index contributed by atoms with van der Waals surface area (Å²) in [6.07, 6.45) is 0. The van der Waals surface area contributed by atoms with Gasteiger partial charge < -0.3 is 4.90 Å². The van der Waals surface area contributed by atoms with Crippen LogP contribution >= 0.6 is 11.3 Å². The third-order valence-electron chi connectivity index (χ3n) is 9.66. The fourth-order valence-electron chi connectivity index (χ4n) is 7.52. The molecule has 0 unspecified atom stereocenters. The maximum atomic E-state index is 2.45. The van der Waals surface area contributed by atoms with Crippen LogP contribution in [0.5, 0.6) is 0 Å². The molecular formula is C43H31NS. The molecule has 0 radical (unpaired) electrons. The van der Waals surface area contributed by atoms with E-state index in [1.807, 2.05) is 11.3 Å². The average Bonchev–Trinajstić information content (AvgIpc) is 3.58. The van der Waals surface area contributed by atoms with E-state index in [9.17, 15) is 0 Å². The van der Waals surface area contributed by atoms with E-state index in [2.05, 4.69) is 170 Å². The monoisotopic (exact) mass is 593 g/mol. The standard InChI is InChI=1S/C43H31NS/c1-43(2)36-24-26-40-42(35-19-11-12-20-39(35)45-40)41(36)34-22-21-30(27-37(34)43)44(29-15-7-4-8-16-29)38-25-23-31(28-13-5-3-6-14-28)32-17-9-10-18-33(32)38/h3-27H,1-2H3. The van der Waals surface area contributed by atoms with E-state index in [1.165, 1.54) is 75.7 Å². The SMILES string of the molecule is CC1(C)c2cc(N(c3ccccc3)c3ccc(-c4ccccc4)c4ccccc34)ccc2-c2c1ccc1sc3ccccc3c21. The summed E-state index contributed by atoms with van der Waals surface area (Å²) in [4.78, 5) is 2.44. The third-order valence-corrected chi connectivity index (χ3v) is 10.8. The van der Waals surface area contributed by atoms with E-state index in [0.717, 1.165) is 5.69 Å². The van der Waals surface area contributed by atoms with Crippen LogP contribution in [0, 0.1) is 0 Å². The number of fused-ring (bicyclic) bond motifs is 8. The van der Waals surface area contributed by atoms with Gasteiger partial charge in [-0.1, -0.05) is 123 Å². The minimum Gasteiger partial charge on any atom is -0.310 e. The predicted molar refractivity (Wildman–Crippen MR) is 195 cm³/mol. The normalized spacial score (nSPS) is 13.3. The molecule has 7 aromatic carbocycles. The van der Waals surface area contributed by atoms with Gasteiger partial charge in [0, 0.05) is 42.3 Å². The molecule has 8 aromatic rings. The Labute approximate surface area is 267 Å². The summed E-state index contributed by atoms with van der Waals surface area (Å²) >= 11 is 1.90. The van der Waals surface area contributed by atoms with Crippen molar-refractivity contribution < 1.29 is 0 Å². The van der Waals surface area contributed by atoms with Gasteiger partial charge in [-0.2, -0.15) is 0 Å². The number of anilines is 3. The summed E-state index contributed by atoms with van der Waals surface area (Å²) in [7, 11) is 0. The molecule has 0 saturated carbocycles. The summed E-state index contributed by atoms with van der Waals surface area (Å²) in [6.45, 7) is 4.78. The number of hydrogen-bond acceptors (Lipinski definition) is 2. The number of benzene rings is 7. The first kappa shape index (κ1) is 26.2. The fraction of sp³-hybridized carbons (Fsp3) is 0.0698. The summed E-state index contributed by atoms with van der Waals surface area (Å²) in [6, 6.07) is 55.6. The van der Waals surface area contributed by atoms with Gasteiger partial charge in [0.05, 0.1) is 5.69 Å². The van der Waals surface area contributed by atoms with Gasteiger partial charge in [0.15, 0.2) is 0 Å². The lowest BCUT2D eigenvalue weighted by Crippen LogP contribution is -2.16. The maximum absolute atomic E-state index is 2.45. The molecule has 1 nitrogen and oxygen atoms in total. The van der Waals surface area contributed by atoms with Crippen molar-refractivity contribution in [1.82, 2.24) is 0 Å². The molecule has 1 heterocycles. The molecule has 45 heavy (non-hydrogen) atoms. The van der Waals surface area contributed by atoms with Gasteiger partial charge in [-0.25, -0.2) is 0 Å². The van der Waals surface area contributed by atoms with Gasteiger partial charge in [0.1, 0.15) is 0 Å². The summed E-state index contributed by atoms with van der Waals surface area (Å²) in [5.41, 5.74) is 11.4. The lowest BCUT2D eigenvalue weighted by Gasteiger charge is -2.29. The van der Waals surface area contributed by atoms with Gasteiger partial charge in [-0.3, -0.25) is 0 Å². The Morgan fingerprint density at radius 1 is 0.489 bits per heavy atom. The Morgan fingerprint density at radius 3 is 1.96 bits per heavy atom. The van der Waals surface area contributed by atoms with Crippen LogP contribution in [0.2, 0.25) is 0 Å². The second-order valence-electron chi connectivity index (χ2n) is 12.5. The topological polar surface area (TPSA) is 3.24 Å². The second-order valence-corrected chi connectivity index (χ2v) is 13.6. The Hall–Kier alpha value is -5.18. The van der Waals surface area contributed by atoms with Crippen molar-refractivity contribution in [2.24, 2.45) is 0 Å². The van der Waals surface area contributed by atoms with Crippen LogP contribution in [0.3, 0.4) is 0 Å². The van der Waals surface area contributed by atoms with Gasteiger partial charge in [0.2, 0.25) is 0 Å². The van der Waals surface area contributed by atoms with Crippen molar-refractivity contribution in [2.75, 3.05) is 4.90 Å². The molecule has 1 aliphatic rings. The molecule has 9 rings (SSSR count). The fourth-order valence-corrected chi connectivity index (χ4v) is 8.63. The largest absolute Gasteiger partial charge is 0.310 e. The Kier molecular flexibility index (Phi) is 5.78. The first-order valence-electron chi connectivity index (χ1n) is 15.6. The smallest absolute Gasteiger partial charge is 0.0540 e. The van der Waals surface area contributed by atoms with Crippen LogP contribution in [0.4, 0.5) is 17.1 Å². The zero-order valence-corrected chi connectivity index (χ0v) is 26.1. The highest BCUT2D eigenvalue weighted by Gasteiger charge is 2.37. The van der Waals surface area contributed by atoms with E-state index in [-0.39, 0.29) is 5.41 Å². The van der Waals surface area contributed by atoms with E-state index in [4.69, 9.17) is 0 Å². The van der Waals surface area contributed by atoms with E-state index >= 15 is 0 Å². The molecule has 0 atom stereocenters. The molecule has 2 heteroatoms. The van der Waals surface area contributed by atoms with Crippen molar-refractivity contribution >= 4 is 59.3 Å². The molecule has 0 saturated heterocycles. The first-order chi connectivity index (χ1) is 22.1. The summed E-state index contributed by atoms with van der Waals surface area (Å²) in [5, 5.41) is 5.24. The Balaban J connectivity index is 1.28. The van der Waals surface area contributed by atoms with Crippen molar-refractivity contribution in [1.29, 1.82) is 0 Å². The number of hydrogen-bond donors (Lipinski definition) is 0. The van der Waals surface area contributed by atoms with Gasteiger partial charge in [-0.15, -0.1) is 11.3 Å². The summed E-state index contributed by atoms with van der Waals surface area (Å²) in [5.74, 6) is 0. The predicted octanol–water partition coefficient (Wildman–Crippen LogP) is 12.7. The van der Waals surface area contributed by atoms with E-state index < -0.39 is 0 Å². The molecule has 1 aliphatic carbocycles. The van der Waals surface area contributed by atoms with Crippen molar-refractivity contribution in [3.05, 3.63) is 163 Å². The van der Waals surface area contributed by atoms with E-state index in [1.54, 1.807) is 0 Å². The average molecular weight is 594 g/mol. The van der Waals surface area contributed by atoms with Crippen molar-refractivity contribution in [2.45, 2.75) is 19.3 Å². The van der Waals surface area contributed by atoms with Crippen LogP contribution < -0.4 is 4.90 Å². The number of thiophene rings is 1. The third kappa shape index (κ3) is 3.92. The molecular weight excluding hydrogens is 563 g/mol. The highest BCUT2D eigenvalue weighted by molar-refractivity contribution is 7.26. The highest BCUT2D eigenvalue weighted by Crippen LogP contribution is 2.55. The van der Waals surface area contributed by atoms with Crippen molar-refractivity contribution in [3.63, 3.8) is 0 Å². The molecule has 1 aromatic heterocycles. The number of nitrogens with zero attached hydrogens (tertiary/aromatic N) is 1. The molecule has 0 amide bonds. The first-order valence-corrected chi connectivity index (χ1v) is 16.4. The van der Waals surface area contributed by atoms with Gasteiger partial charge in [0.25, 0.3) is 0 Å². The molecule has 0 spiro atoms. The Morgan fingerprint density at radius 2 is 1.16 bits per heavy atom. The lowest BCUT2D eigenvalue weighted by atomic mass is 9.82. The zero-order chi connectivity index (χ0) is 30.1. The molecule has 0 aliphatic heterocycles. The second kappa shape index (κ2) is 9.92. The lowest BCUT2D eigenvalue weighted by molar-refractivity contribution is 0.661. The molecule has 0 fully saturated rings. The quantitative estimate of drug-likeness (QED) is 0.196. The number of para-hydroxylation sites is 1. The van der Waals surface area contributed by atoms with E-state index in [0.29, 0.717) is 0 Å². The Bertz CT molecular complexity index is 2400. The van der Waals surface area contributed by atoms with Crippen LogP contribution in [0.15, 0.2) is 152 Å². The van der Waals surface area contributed by atoms with Crippen LogP contribution in [0.25, 0.3) is 53.2 Å². The van der Waals surface area contributed by atoms with Crippen LogP contribution in [0.1, 0.15) is 25.0 Å². The minimum absolute atomic E-state index is 0.125. The number of rotatable bonds is 4. The minimum atomic E-state index is -0.125. The maximum Gasteiger partial charge on any atom is 0.0540 e. The molecule has 0 bridgehead atoms. The molecule has 0 N–H and O–H groups in total. The van der Waals surface area contributed by atoms with Gasteiger partial charge in [-0.05, 0) is 81.2 Å². The van der Waals surface area contributed by atoms with Gasteiger partial charge >= 0.3 is 0 Å².